The molecule has 1 aromatic carbocycles. The molecule has 0 aliphatic rings. The molecular formula is C14H10F3N5O. The normalized spacial score (nSPS) is 11.6. The van der Waals surface area contributed by atoms with E-state index in [-0.39, 0.29) is 11.2 Å². The van der Waals surface area contributed by atoms with Gasteiger partial charge in [-0.25, -0.2) is 0 Å². The van der Waals surface area contributed by atoms with Crippen LogP contribution in [0.5, 0.6) is 0 Å². The highest BCUT2D eigenvalue weighted by atomic mass is 19.4. The van der Waals surface area contributed by atoms with E-state index < -0.39 is 17.9 Å². The van der Waals surface area contributed by atoms with Gasteiger partial charge in [-0.05, 0) is 30.3 Å². The van der Waals surface area contributed by atoms with Crippen LogP contribution in [0.25, 0.3) is 5.65 Å². The third kappa shape index (κ3) is 2.80. The highest BCUT2D eigenvalue weighted by Gasteiger charge is 2.37. The number of anilines is 2. The van der Waals surface area contributed by atoms with E-state index in [1.807, 2.05) is 0 Å². The molecule has 0 saturated carbocycles. The smallest absolute Gasteiger partial charge is 0.399 e. The Hall–Kier alpha value is -3.10. The predicted molar refractivity (Wildman–Crippen MR) is 76.8 cm³/mol. The third-order valence-electron chi connectivity index (χ3n) is 3.08. The molecule has 3 rings (SSSR count). The van der Waals surface area contributed by atoms with Crippen LogP contribution in [0.15, 0.2) is 42.6 Å². The summed E-state index contributed by atoms with van der Waals surface area (Å²) in [5, 5.41) is 9.15. The number of hydrogen-bond donors (Lipinski definition) is 2. The summed E-state index contributed by atoms with van der Waals surface area (Å²) in [5.74, 6) is -1.80. The minimum Gasteiger partial charge on any atom is -0.399 e. The van der Waals surface area contributed by atoms with Crippen molar-refractivity contribution in [1.29, 1.82) is 0 Å². The monoisotopic (exact) mass is 321 g/mol. The van der Waals surface area contributed by atoms with E-state index in [0.717, 1.165) is 10.6 Å². The highest BCUT2D eigenvalue weighted by molar-refractivity contribution is 6.08. The average Bonchev–Trinajstić information content (AvgIpc) is 2.91. The summed E-state index contributed by atoms with van der Waals surface area (Å²) in [6, 6.07) is 9.11. The third-order valence-corrected chi connectivity index (χ3v) is 3.08. The van der Waals surface area contributed by atoms with Crippen molar-refractivity contribution in [3.05, 3.63) is 54.0 Å². The maximum Gasteiger partial charge on any atom is 0.452 e. The summed E-state index contributed by atoms with van der Waals surface area (Å²) >= 11 is 0. The highest BCUT2D eigenvalue weighted by Crippen LogP contribution is 2.28. The van der Waals surface area contributed by atoms with Gasteiger partial charge in [-0.3, -0.25) is 9.20 Å². The second-order valence-electron chi connectivity index (χ2n) is 4.72. The SMILES string of the molecule is Nc1cccc(NC(=O)c2cccn3c(C(F)(F)F)nnc23)c1. The van der Waals surface area contributed by atoms with Crippen molar-refractivity contribution in [2.24, 2.45) is 0 Å². The molecule has 0 fully saturated rings. The standard InChI is InChI=1S/C14H10F3N5O/c15-14(16,17)13-21-20-11-10(5-2-6-22(11)13)12(23)19-9-4-1-3-8(18)7-9/h1-7H,18H2,(H,19,23). The molecule has 9 heteroatoms. The van der Waals surface area contributed by atoms with Crippen LogP contribution in [0.4, 0.5) is 24.5 Å². The van der Waals surface area contributed by atoms with Gasteiger partial charge in [0.05, 0.1) is 5.56 Å². The van der Waals surface area contributed by atoms with Crippen LogP contribution in [-0.2, 0) is 6.18 Å². The number of nitrogens with zero attached hydrogens (tertiary/aromatic N) is 3. The fraction of sp³-hybridized carbons (Fsp3) is 0.0714. The topological polar surface area (TPSA) is 85.3 Å². The first-order valence-electron chi connectivity index (χ1n) is 6.44. The molecule has 6 nitrogen and oxygen atoms in total. The molecule has 2 aromatic heterocycles. The second-order valence-corrected chi connectivity index (χ2v) is 4.72. The first-order valence-corrected chi connectivity index (χ1v) is 6.44. The Bertz CT molecular complexity index is 887. The number of nitrogens with two attached hydrogens (primary N) is 1. The lowest BCUT2D eigenvalue weighted by molar-refractivity contribution is -0.145. The Labute approximate surface area is 127 Å². The molecule has 0 bridgehead atoms. The molecule has 0 radical (unpaired) electrons. The Morgan fingerprint density at radius 3 is 2.65 bits per heavy atom. The molecule has 2 heterocycles. The van der Waals surface area contributed by atoms with Crippen molar-refractivity contribution in [3.8, 4) is 0 Å². The van der Waals surface area contributed by atoms with E-state index >= 15 is 0 Å². The molecule has 23 heavy (non-hydrogen) atoms. The van der Waals surface area contributed by atoms with Gasteiger partial charge in [0, 0.05) is 17.6 Å². The van der Waals surface area contributed by atoms with Gasteiger partial charge >= 0.3 is 6.18 Å². The van der Waals surface area contributed by atoms with Gasteiger partial charge in [0.1, 0.15) is 0 Å². The van der Waals surface area contributed by atoms with Gasteiger partial charge in [0.25, 0.3) is 5.91 Å². The van der Waals surface area contributed by atoms with Crippen molar-refractivity contribution < 1.29 is 18.0 Å². The van der Waals surface area contributed by atoms with Crippen LogP contribution >= 0.6 is 0 Å². The molecule has 0 aliphatic heterocycles. The minimum absolute atomic E-state index is 0.0297. The number of benzene rings is 1. The van der Waals surface area contributed by atoms with Crippen LogP contribution in [0.3, 0.4) is 0 Å². The first-order chi connectivity index (χ1) is 10.9. The Morgan fingerprint density at radius 1 is 1.17 bits per heavy atom. The zero-order valence-electron chi connectivity index (χ0n) is 11.5. The molecule has 0 spiro atoms. The van der Waals surface area contributed by atoms with Gasteiger partial charge in [0.2, 0.25) is 5.82 Å². The average molecular weight is 321 g/mol. The maximum absolute atomic E-state index is 12.8. The molecule has 0 aliphatic carbocycles. The van der Waals surface area contributed by atoms with E-state index in [1.165, 1.54) is 18.2 Å². The number of alkyl halides is 3. The summed E-state index contributed by atoms with van der Waals surface area (Å²) in [5.41, 5.74) is 6.27. The molecule has 3 N–H and O–H groups in total. The van der Waals surface area contributed by atoms with Crippen molar-refractivity contribution in [2.45, 2.75) is 6.18 Å². The van der Waals surface area contributed by atoms with Gasteiger partial charge in [0.15, 0.2) is 5.65 Å². The summed E-state index contributed by atoms with van der Waals surface area (Å²) in [4.78, 5) is 12.3. The lowest BCUT2D eigenvalue weighted by Crippen LogP contribution is -2.15. The maximum atomic E-state index is 12.8. The minimum atomic E-state index is -4.66. The number of nitrogens with one attached hydrogen (secondary N) is 1. The predicted octanol–water partition coefficient (Wildman–Crippen LogP) is 2.58. The molecule has 0 atom stereocenters. The largest absolute Gasteiger partial charge is 0.452 e. The number of pyridine rings is 1. The Kier molecular flexibility index (Phi) is 3.40. The zero-order valence-corrected chi connectivity index (χ0v) is 11.5. The van der Waals surface area contributed by atoms with Crippen molar-refractivity contribution in [1.82, 2.24) is 14.6 Å². The molecule has 1 amide bonds. The van der Waals surface area contributed by atoms with Crippen molar-refractivity contribution in [3.63, 3.8) is 0 Å². The summed E-state index contributed by atoms with van der Waals surface area (Å²) < 4.78 is 39.2. The van der Waals surface area contributed by atoms with E-state index in [4.69, 9.17) is 5.73 Å². The first kappa shape index (κ1) is 14.8. The fourth-order valence-electron chi connectivity index (χ4n) is 2.10. The van der Waals surface area contributed by atoms with Crippen LogP contribution in [0.2, 0.25) is 0 Å². The van der Waals surface area contributed by atoms with Gasteiger partial charge in [-0.2, -0.15) is 13.2 Å². The quantitative estimate of drug-likeness (QED) is 0.710. The molecular weight excluding hydrogens is 311 g/mol. The van der Waals surface area contributed by atoms with Crippen LogP contribution < -0.4 is 11.1 Å². The van der Waals surface area contributed by atoms with E-state index in [9.17, 15) is 18.0 Å². The fourth-order valence-corrected chi connectivity index (χ4v) is 2.10. The Balaban J connectivity index is 2.00. The van der Waals surface area contributed by atoms with Gasteiger partial charge < -0.3 is 11.1 Å². The Morgan fingerprint density at radius 2 is 1.96 bits per heavy atom. The van der Waals surface area contributed by atoms with Crippen molar-refractivity contribution in [2.75, 3.05) is 11.1 Å². The summed E-state index contributed by atoms with van der Waals surface area (Å²) in [6.45, 7) is 0. The van der Waals surface area contributed by atoms with Gasteiger partial charge in [-0.1, -0.05) is 6.07 Å². The lowest BCUT2D eigenvalue weighted by atomic mass is 10.2. The van der Waals surface area contributed by atoms with Crippen molar-refractivity contribution >= 4 is 22.9 Å². The van der Waals surface area contributed by atoms with E-state index in [2.05, 4.69) is 15.5 Å². The molecule has 3 aromatic rings. The summed E-state index contributed by atoms with van der Waals surface area (Å²) in [7, 11) is 0. The van der Waals surface area contributed by atoms with Gasteiger partial charge in [-0.15, -0.1) is 10.2 Å². The van der Waals surface area contributed by atoms with Crippen LogP contribution in [0, 0.1) is 0 Å². The number of aromatic nitrogens is 3. The second kappa shape index (κ2) is 5.27. The van der Waals surface area contributed by atoms with E-state index in [0.29, 0.717) is 11.4 Å². The van der Waals surface area contributed by atoms with E-state index in [1.54, 1.807) is 18.2 Å². The summed E-state index contributed by atoms with van der Waals surface area (Å²) in [6.07, 6.45) is -3.52. The number of hydrogen-bond acceptors (Lipinski definition) is 4. The zero-order chi connectivity index (χ0) is 16.6. The van der Waals surface area contributed by atoms with Crippen LogP contribution in [0.1, 0.15) is 16.2 Å². The number of carbonyl (C=O) groups is 1. The molecule has 118 valence electrons. The number of rotatable bonds is 2. The molecule has 0 saturated heterocycles. The number of halogens is 3. The number of fused-ring (bicyclic) bond motifs is 1. The molecule has 0 unspecified atom stereocenters. The van der Waals surface area contributed by atoms with Crippen LogP contribution in [-0.4, -0.2) is 20.5 Å². The number of amides is 1. The number of nitrogen functional groups attached to an aromatic ring is 1. The number of carbonyl (C=O) groups excluding carboxylic acids is 1. The lowest BCUT2D eigenvalue weighted by Gasteiger charge is -2.08.